The van der Waals surface area contributed by atoms with Crippen LogP contribution < -0.4 is 0 Å². The van der Waals surface area contributed by atoms with E-state index in [1.54, 1.807) is 11.2 Å². The van der Waals surface area contributed by atoms with Crippen LogP contribution in [0.15, 0.2) is 0 Å². The highest BCUT2D eigenvalue weighted by Gasteiger charge is 2.40. The number of hydrogen-bond acceptors (Lipinski definition) is 4. The molecule has 1 atom stereocenters. The zero-order valence-electron chi connectivity index (χ0n) is 9.67. The predicted octanol–water partition coefficient (Wildman–Crippen LogP) is -0.523. The Bertz CT molecular complexity index is 330. The molecule has 1 aliphatic carbocycles. The van der Waals surface area contributed by atoms with E-state index in [0.29, 0.717) is 19.6 Å². The minimum absolute atomic E-state index is 0.101. The van der Waals surface area contributed by atoms with Crippen LogP contribution in [0.2, 0.25) is 0 Å². The Morgan fingerprint density at radius 1 is 1.25 bits per heavy atom. The van der Waals surface area contributed by atoms with E-state index < -0.39 is 10.0 Å². The molecule has 0 bridgehead atoms. The number of aliphatic hydroxyl groups excluding tert-OH is 1. The van der Waals surface area contributed by atoms with Crippen LogP contribution >= 0.6 is 0 Å². The highest BCUT2D eigenvalue weighted by molar-refractivity contribution is 7.90. The van der Waals surface area contributed by atoms with E-state index in [4.69, 9.17) is 0 Å². The largest absolute Gasteiger partial charge is 0.392 e. The lowest BCUT2D eigenvalue weighted by Gasteiger charge is -2.34. The molecule has 0 unspecified atom stereocenters. The number of rotatable bonds is 4. The van der Waals surface area contributed by atoms with Crippen LogP contribution in [-0.4, -0.2) is 66.8 Å². The lowest BCUT2D eigenvalue weighted by molar-refractivity contribution is 0.103. The quantitative estimate of drug-likeness (QED) is 0.727. The first-order valence-electron chi connectivity index (χ1n) is 5.89. The molecule has 0 amide bonds. The topological polar surface area (TPSA) is 60.9 Å². The summed E-state index contributed by atoms with van der Waals surface area (Å²) in [6, 6.07) is 0. The molecule has 16 heavy (non-hydrogen) atoms. The molecule has 5 nitrogen and oxygen atoms in total. The summed E-state index contributed by atoms with van der Waals surface area (Å²) in [7, 11) is -3.00. The average molecular weight is 248 g/mol. The van der Waals surface area contributed by atoms with Gasteiger partial charge in [0, 0.05) is 32.7 Å². The molecule has 2 fully saturated rings. The maximum atomic E-state index is 11.9. The van der Waals surface area contributed by atoms with E-state index in [1.807, 2.05) is 0 Å². The molecule has 1 aliphatic heterocycles. The van der Waals surface area contributed by atoms with Gasteiger partial charge >= 0.3 is 0 Å². The second kappa shape index (κ2) is 4.60. The molecule has 0 spiro atoms. The van der Waals surface area contributed by atoms with Crippen LogP contribution in [0, 0.1) is 0 Å². The van der Waals surface area contributed by atoms with Gasteiger partial charge in [-0.3, -0.25) is 4.90 Å². The summed E-state index contributed by atoms with van der Waals surface area (Å²) in [4.78, 5) is 2.11. The summed E-state index contributed by atoms with van der Waals surface area (Å²) in [6.45, 7) is 5.01. The molecule has 0 aromatic heterocycles. The molecule has 0 aromatic carbocycles. The first kappa shape index (κ1) is 12.3. The monoisotopic (exact) mass is 248 g/mol. The summed E-state index contributed by atoms with van der Waals surface area (Å²) in [5, 5.41) is 9.15. The van der Waals surface area contributed by atoms with Crippen molar-refractivity contribution in [1.29, 1.82) is 0 Å². The van der Waals surface area contributed by atoms with Crippen molar-refractivity contribution in [3.8, 4) is 0 Å². The molecule has 94 valence electrons. The van der Waals surface area contributed by atoms with Crippen LogP contribution in [0.5, 0.6) is 0 Å². The third-order valence-corrected chi connectivity index (χ3v) is 5.56. The van der Waals surface area contributed by atoms with E-state index in [2.05, 4.69) is 4.90 Å². The van der Waals surface area contributed by atoms with Gasteiger partial charge < -0.3 is 5.11 Å². The smallest absolute Gasteiger partial charge is 0.217 e. The van der Waals surface area contributed by atoms with Crippen molar-refractivity contribution in [3.05, 3.63) is 0 Å². The van der Waals surface area contributed by atoms with Gasteiger partial charge in [-0.1, -0.05) is 0 Å². The molecule has 1 heterocycles. The minimum atomic E-state index is -3.00. The lowest BCUT2D eigenvalue weighted by Crippen LogP contribution is -2.50. The number of aliphatic hydroxyl groups is 1. The summed E-state index contributed by atoms with van der Waals surface area (Å²) >= 11 is 0. The minimum Gasteiger partial charge on any atom is -0.392 e. The number of nitrogens with zero attached hydrogens (tertiary/aromatic N) is 2. The van der Waals surface area contributed by atoms with Crippen LogP contribution in [0.3, 0.4) is 0 Å². The van der Waals surface area contributed by atoms with Gasteiger partial charge in [0.2, 0.25) is 10.0 Å². The van der Waals surface area contributed by atoms with Crippen molar-refractivity contribution in [2.75, 3.05) is 32.7 Å². The van der Waals surface area contributed by atoms with E-state index in [0.717, 1.165) is 25.9 Å². The number of sulfonamides is 1. The van der Waals surface area contributed by atoms with Crippen molar-refractivity contribution < 1.29 is 13.5 Å². The van der Waals surface area contributed by atoms with Crippen molar-refractivity contribution in [2.45, 2.75) is 31.1 Å². The summed E-state index contributed by atoms with van der Waals surface area (Å²) in [5.74, 6) is 0. The Morgan fingerprint density at radius 2 is 1.81 bits per heavy atom. The second-order valence-corrected chi connectivity index (χ2v) is 7.01. The zero-order chi connectivity index (χ0) is 11.8. The van der Waals surface area contributed by atoms with E-state index in [1.165, 1.54) is 0 Å². The zero-order valence-corrected chi connectivity index (χ0v) is 10.5. The molecule has 2 aliphatic rings. The van der Waals surface area contributed by atoms with Gasteiger partial charge in [-0.2, -0.15) is 4.31 Å². The predicted molar refractivity (Wildman–Crippen MR) is 61.6 cm³/mol. The summed E-state index contributed by atoms with van der Waals surface area (Å²) in [6.07, 6.45) is 1.32. The summed E-state index contributed by atoms with van der Waals surface area (Å²) in [5.41, 5.74) is 0. The maximum Gasteiger partial charge on any atom is 0.217 e. The third kappa shape index (κ3) is 2.74. The van der Waals surface area contributed by atoms with Gasteiger partial charge in [-0.05, 0) is 19.8 Å². The fourth-order valence-electron chi connectivity index (χ4n) is 2.12. The number of hydrogen-bond donors (Lipinski definition) is 1. The number of β-amino-alcohol motifs (C(OH)–C–C–N with tert-alkyl or cyclic N) is 1. The Kier molecular flexibility index (Phi) is 3.53. The standard InChI is InChI=1S/C10H20N2O3S/c1-9(13)8-11-4-6-12(7-5-11)16(14,15)10-2-3-10/h9-10,13H,2-8H2,1H3/t9-/m1/s1. The third-order valence-electron chi connectivity index (χ3n) is 3.16. The van der Waals surface area contributed by atoms with Gasteiger partial charge in [0.05, 0.1) is 11.4 Å². The highest BCUT2D eigenvalue weighted by Crippen LogP contribution is 2.31. The van der Waals surface area contributed by atoms with Crippen molar-refractivity contribution >= 4 is 10.0 Å². The first-order chi connectivity index (χ1) is 7.50. The van der Waals surface area contributed by atoms with Crippen molar-refractivity contribution in [1.82, 2.24) is 9.21 Å². The molecular weight excluding hydrogens is 228 g/mol. The molecule has 2 rings (SSSR count). The molecule has 1 saturated carbocycles. The Hall–Kier alpha value is -0.170. The fourth-order valence-corrected chi connectivity index (χ4v) is 3.94. The number of piperazine rings is 1. The van der Waals surface area contributed by atoms with Gasteiger partial charge in [-0.15, -0.1) is 0 Å². The van der Waals surface area contributed by atoms with Crippen LogP contribution in [0.1, 0.15) is 19.8 Å². The highest BCUT2D eigenvalue weighted by atomic mass is 32.2. The van der Waals surface area contributed by atoms with Gasteiger partial charge in [0.25, 0.3) is 0 Å². The van der Waals surface area contributed by atoms with E-state index >= 15 is 0 Å². The van der Waals surface area contributed by atoms with Crippen LogP contribution in [-0.2, 0) is 10.0 Å². The van der Waals surface area contributed by atoms with E-state index in [-0.39, 0.29) is 11.4 Å². The maximum absolute atomic E-state index is 11.9. The first-order valence-corrected chi connectivity index (χ1v) is 7.40. The van der Waals surface area contributed by atoms with Crippen molar-refractivity contribution in [2.24, 2.45) is 0 Å². The SMILES string of the molecule is C[C@@H](O)CN1CCN(S(=O)(=O)C2CC2)CC1. The molecular formula is C10H20N2O3S. The normalized spacial score (nSPS) is 26.9. The molecule has 1 N–H and O–H groups in total. The van der Waals surface area contributed by atoms with Crippen LogP contribution in [0.4, 0.5) is 0 Å². The second-order valence-electron chi connectivity index (χ2n) is 4.79. The molecule has 0 aromatic rings. The fraction of sp³-hybridized carbons (Fsp3) is 1.00. The van der Waals surface area contributed by atoms with Crippen molar-refractivity contribution in [3.63, 3.8) is 0 Å². The lowest BCUT2D eigenvalue weighted by atomic mass is 10.3. The van der Waals surface area contributed by atoms with Gasteiger partial charge in [0.1, 0.15) is 0 Å². The van der Waals surface area contributed by atoms with Gasteiger partial charge in [0.15, 0.2) is 0 Å². The Balaban J connectivity index is 1.85. The van der Waals surface area contributed by atoms with E-state index in [9.17, 15) is 13.5 Å². The Labute approximate surface area is 97.1 Å². The molecule has 6 heteroatoms. The summed E-state index contributed by atoms with van der Waals surface area (Å²) < 4.78 is 25.5. The average Bonchev–Trinajstić information content (AvgIpc) is 3.00. The molecule has 1 saturated heterocycles. The molecule has 0 radical (unpaired) electrons. The Morgan fingerprint density at radius 3 is 2.25 bits per heavy atom. The van der Waals surface area contributed by atoms with Gasteiger partial charge in [-0.25, -0.2) is 8.42 Å². The van der Waals surface area contributed by atoms with Crippen LogP contribution in [0.25, 0.3) is 0 Å².